The first kappa shape index (κ1) is 15.9. The number of rotatable bonds is 4. The van der Waals surface area contributed by atoms with Crippen LogP contribution in [0.1, 0.15) is 25.7 Å². The highest BCUT2D eigenvalue weighted by Crippen LogP contribution is 2.27. The van der Waals surface area contributed by atoms with Crippen molar-refractivity contribution in [1.29, 1.82) is 0 Å². The molecule has 3 N–H and O–H groups in total. The van der Waals surface area contributed by atoms with E-state index in [2.05, 4.69) is 10.6 Å². The third-order valence-electron chi connectivity index (χ3n) is 3.85. The molecular weight excluding hydrogens is 292 g/mol. The van der Waals surface area contributed by atoms with Gasteiger partial charge in [-0.3, -0.25) is 0 Å². The Morgan fingerprint density at radius 3 is 2.67 bits per heavy atom. The van der Waals surface area contributed by atoms with Gasteiger partial charge in [-0.1, -0.05) is 11.6 Å². The number of methoxy groups -OCH3 is 1. The van der Waals surface area contributed by atoms with Crippen molar-refractivity contribution in [1.82, 2.24) is 5.32 Å². The summed E-state index contributed by atoms with van der Waals surface area (Å²) in [5.41, 5.74) is 0.627. The molecule has 2 rings (SSSR count). The first-order valence-corrected chi connectivity index (χ1v) is 7.52. The van der Waals surface area contributed by atoms with Gasteiger partial charge in [-0.25, -0.2) is 4.79 Å². The van der Waals surface area contributed by atoms with Crippen molar-refractivity contribution in [2.45, 2.75) is 31.7 Å². The zero-order valence-corrected chi connectivity index (χ0v) is 12.8. The van der Waals surface area contributed by atoms with Crippen molar-refractivity contribution in [2.24, 2.45) is 5.92 Å². The summed E-state index contributed by atoms with van der Waals surface area (Å²) in [4.78, 5) is 12.0. The lowest BCUT2D eigenvalue weighted by Gasteiger charge is -2.27. The van der Waals surface area contributed by atoms with Crippen LogP contribution in [-0.2, 0) is 0 Å². The van der Waals surface area contributed by atoms with Crippen LogP contribution in [0.3, 0.4) is 0 Å². The van der Waals surface area contributed by atoms with Crippen molar-refractivity contribution >= 4 is 23.3 Å². The predicted octanol–water partition coefficient (Wildman–Crippen LogP) is 3.02. The lowest BCUT2D eigenvalue weighted by Crippen LogP contribution is -2.40. The Kier molecular flexibility index (Phi) is 5.70. The average molecular weight is 313 g/mol. The van der Waals surface area contributed by atoms with Crippen LogP contribution in [0.25, 0.3) is 0 Å². The molecule has 0 spiro atoms. The van der Waals surface area contributed by atoms with Crippen molar-refractivity contribution < 1.29 is 14.6 Å². The number of hydrogen-bond acceptors (Lipinski definition) is 3. The molecule has 1 aliphatic rings. The molecule has 0 unspecified atom stereocenters. The zero-order chi connectivity index (χ0) is 15.2. The molecule has 1 fully saturated rings. The SMILES string of the molecule is COc1ccc(NC(=O)NC2CCC(CO)CC2)cc1Cl. The highest BCUT2D eigenvalue weighted by Gasteiger charge is 2.21. The molecule has 116 valence electrons. The maximum Gasteiger partial charge on any atom is 0.319 e. The highest BCUT2D eigenvalue weighted by atomic mass is 35.5. The number of amides is 2. The fraction of sp³-hybridized carbons (Fsp3) is 0.533. The van der Waals surface area contributed by atoms with Crippen LogP contribution < -0.4 is 15.4 Å². The summed E-state index contributed by atoms with van der Waals surface area (Å²) in [6.45, 7) is 0.239. The number of benzene rings is 1. The van der Waals surface area contributed by atoms with Crippen molar-refractivity contribution in [3.63, 3.8) is 0 Å². The monoisotopic (exact) mass is 312 g/mol. The number of ether oxygens (including phenoxy) is 1. The molecule has 1 saturated carbocycles. The minimum atomic E-state index is -0.233. The van der Waals surface area contributed by atoms with Gasteiger partial charge in [0.2, 0.25) is 0 Å². The van der Waals surface area contributed by atoms with E-state index < -0.39 is 0 Å². The molecule has 0 atom stereocenters. The van der Waals surface area contributed by atoms with Gasteiger partial charge in [0.05, 0.1) is 12.1 Å². The molecule has 0 aromatic heterocycles. The van der Waals surface area contributed by atoms with Gasteiger partial charge in [0.25, 0.3) is 0 Å². The first-order valence-electron chi connectivity index (χ1n) is 7.14. The molecule has 0 saturated heterocycles. The lowest BCUT2D eigenvalue weighted by atomic mass is 9.87. The number of carbonyl (C=O) groups excluding carboxylic acids is 1. The van der Waals surface area contributed by atoms with Crippen LogP contribution in [0.5, 0.6) is 5.75 Å². The normalized spacial score (nSPS) is 21.7. The zero-order valence-electron chi connectivity index (χ0n) is 12.1. The van der Waals surface area contributed by atoms with E-state index in [-0.39, 0.29) is 18.7 Å². The predicted molar refractivity (Wildman–Crippen MR) is 83.0 cm³/mol. The number of anilines is 1. The second-order valence-corrected chi connectivity index (χ2v) is 5.76. The molecule has 6 heteroatoms. The number of carbonyl (C=O) groups is 1. The van der Waals surface area contributed by atoms with Gasteiger partial charge in [0.1, 0.15) is 5.75 Å². The van der Waals surface area contributed by atoms with E-state index in [1.807, 2.05) is 0 Å². The lowest BCUT2D eigenvalue weighted by molar-refractivity contribution is 0.176. The minimum Gasteiger partial charge on any atom is -0.495 e. The second kappa shape index (κ2) is 7.52. The van der Waals surface area contributed by atoms with Gasteiger partial charge < -0.3 is 20.5 Å². The number of hydrogen-bond donors (Lipinski definition) is 3. The summed E-state index contributed by atoms with van der Waals surface area (Å²) in [5.74, 6) is 0.955. The number of urea groups is 1. The van der Waals surface area contributed by atoms with Gasteiger partial charge in [0.15, 0.2) is 0 Å². The summed E-state index contributed by atoms with van der Waals surface area (Å²) in [5, 5.41) is 15.3. The quantitative estimate of drug-likeness (QED) is 0.800. The Hall–Kier alpha value is -1.46. The third-order valence-corrected chi connectivity index (χ3v) is 4.15. The Morgan fingerprint density at radius 1 is 1.38 bits per heavy atom. The molecule has 1 aromatic rings. The van der Waals surface area contributed by atoms with E-state index in [9.17, 15) is 4.79 Å². The average Bonchev–Trinajstić information content (AvgIpc) is 2.48. The molecule has 0 bridgehead atoms. The van der Waals surface area contributed by atoms with Gasteiger partial charge in [0, 0.05) is 18.3 Å². The fourth-order valence-electron chi connectivity index (χ4n) is 2.59. The van der Waals surface area contributed by atoms with Crippen LogP contribution in [0.2, 0.25) is 5.02 Å². The van der Waals surface area contributed by atoms with E-state index in [0.29, 0.717) is 22.4 Å². The standard InChI is InChI=1S/C15H21ClN2O3/c1-21-14-7-6-12(8-13(14)16)18-15(20)17-11-4-2-10(9-19)3-5-11/h6-8,10-11,19H,2-5,9H2,1H3,(H2,17,18,20). The van der Waals surface area contributed by atoms with Crippen LogP contribution in [-0.4, -0.2) is 30.9 Å². The summed E-state index contributed by atoms with van der Waals surface area (Å²) in [6.07, 6.45) is 3.72. The molecule has 5 nitrogen and oxygen atoms in total. The maximum absolute atomic E-state index is 12.0. The van der Waals surface area contributed by atoms with E-state index >= 15 is 0 Å². The van der Waals surface area contributed by atoms with E-state index in [1.165, 1.54) is 0 Å². The van der Waals surface area contributed by atoms with Gasteiger partial charge in [-0.15, -0.1) is 0 Å². The molecule has 1 aromatic carbocycles. The number of nitrogens with one attached hydrogen (secondary N) is 2. The topological polar surface area (TPSA) is 70.6 Å². The van der Waals surface area contributed by atoms with Crippen LogP contribution in [0, 0.1) is 5.92 Å². The summed E-state index contributed by atoms with van der Waals surface area (Å²) in [7, 11) is 1.55. The van der Waals surface area contributed by atoms with E-state index in [1.54, 1.807) is 25.3 Å². The smallest absolute Gasteiger partial charge is 0.319 e. The number of aliphatic hydroxyl groups excluding tert-OH is 1. The van der Waals surface area contributed by atoms with E-state index in [0.717, 1.165) is 25.7 Å². The van der Waals surface area contributed by atoms with E-state index in [4.69, 9.17) is 21.4 Å². The molecule has 0 heterocycles. The third kappa shape index (κ3) is 4.51. The van der Waals surface area contributed by atoms with Crippen LogP contribution in [0.4, 0.5) is 10.5 Å². The van der Waals surface area contributed by atoms with Crippen molar-refractivity contribution in [2.75, 3.05) is 19.0 Å². The van der Waals surface area contributed by atoms with Crippen molar-refractivity contribution in [3.05, 3.63) is 23.2 Å². The number of aliphatic hydroxyl groups is 1. The molecule has 0 aliphatic heterocycles. The fourth-order valence-corrected chi connectivity index (χ4v) is 2.84. The molecule has 0 radical (unpaired) electrons. The molecular formula is C15H21ClN2O3. The Labute approximate surface area is 129 Å². The minimum absolute atomic E-state index is 0.168. The summed E-state index contributed by atoms with van der Waals surface area (Å²) >= 11 is 6.02. The Morgan fingerprint density at radius 2 is 2.10 bits per heavy atom. The first-order chi connectivity index (χ1) is 10.1. The largest absolute Gasteiger partial charge is 0.495 e. The highest BCUT2D eigenvalue weighted by molar-refractivity contribution is 6.32. The summed E-state index contributed by atoms with van der Waals surface area (Å²) in [6, 6.07) is 5.05. The summed E-state index contributed by atoms with van der Waals surface area (Å²) < 4.78 is 5.07. The molecule has 21 heavy (non-hydrogen) atoms. The maximum atomic E-state index is 12.0. The Bertz CT molecular complexity index is 488. The Balaban J connectivity index is 1.83. The van der Waals surface area contributed by atoms with Crippen molar-refractivity contribution in [3.8, 4) is 5.75 Å². The van der Waals surface area contributed by atoms with Crippen LogP contribution in [0.15, 0.2) is 18.2 Å². The van der Waals surface area contributed by atoms with Gasteiger partial charge in [-0.05, 0) is 49.8 Å². The number of halogens is 1. The molecule has 1 aliphatic carbocycles. The van der Waals surface area contributed by atoms with Gasteiger partial charge >= 0.3 is 6.03 Å². The van der Waals surface area contributed by atoms with Crippen LogP contribution >= 0.6 is 11.6 Å². The second-order valence-electron chi connectivity index (χ2n) is 5.35. The molecule has 2 amide bonds. The van der Waals surface area contributed by atoms with Gasteiger partial charge in [-0.2, -0.15) is 0 Å².